The third-order valence-corrected chi connectivity index (χ3v) is 4.84. The lowest BCUT2D eigenvalue weighted by Gasteiger charge is -2.20. The minimum atomic E-state index is -0.228. The van der Waals surface area contributed by atoms with E-state index < -0.39 is 0 Å². The standard InChI is InChI=1S/C21H24N6O/c1-12(2)18(19-24-16-7-5-6-8-17(16)25-19)26-21(28)15-9-14-11-23-27(13(3)4)20(14)22-10-15/h5-13,18H,1-4H3,(H,24,25)(H,26,28)/t18-/m1/s1. The molecule has 1 amide bonds. The monoisotopic (exact) mass is 376 g/mol. The average Bonchev–Trinajstić information content (AvgIpc) is 3.28. The van der Waals surface area contributed by atoms with Gasteiger partial charge in [-0.15, -0.1) is 0 Å². The quantitative estimate of drug-likeness (QED) is 0.551. The maximum atomic E-state index is 12.9. The first kappa shape index (κ1) is 18.2. The molecular formula is C21H24N6O. The number of nitrogens with zero attached hydrogens (tertiary/aromatic N) is 4. The molecule has 0 aliphatic carbocycles. The Labute approximate surface area is 163 Å². The van der Waals surface area contributed by atoms with Crippen molar-refractivity contribution in [1.82, 2.24) is 30.0 Å². The number of hydrogen-bond acceptors (Lipinski definition) is 4. The molecule has 0 radical (unpaired) electrons. The van der Waals surface area contributed by atoms with Gasteiger partial charge in [0.05, 0.1) is 28.8 Å². The Morgan fingerprint density at radius 3 is 2.64 bits per heavy atom. The first-order chi connectivity index (χ1) is 13.4. The van der Waals surface area contributed by atoms with Crippen molar-refractivity contribution in [2.45, 2.75) is 39.8 Å². The van der Waals surface area contributed by atoms with Gasteiger partial charge >= 0.3 is 0 Å². The number of benzene rings is 1. The Morgan fingerprint density at radius 1 is 1.14 bits per heavy atom. The van der Waals surface area contributed by atoms with E-state index in [2.05, 4.69) is 53.1 Å². The van der Waals surface area contributed by atoms with Crippen LogP contribution < -0.4 is 5.32 Å². The molecule has 7 heteroatoms. The molecule has 144 valence electrons. The number of para-hydroxylation sites is 2. The second kappa shape index (κ2) is 7.07. The number of hydrogen-bond donors (Lipinski definition) is 2. The van der Waals surface area contributed by atoms with Crippen molar-refractivity contribution in [2.24, 2.45) is 5.92 Å². The Hall–Kier alpha value is -3.22. The topological polar surface area (TPSA) is 88.5 Å². The largest absolute Gasteiger partial charge is 0.342 e. The van der Waals surface area contributed by atoms with Crippen LogP contribution in [0.15, 0.2) is 42.7 Å². The molecule has 2 N–H and O–H groups in total. The number of amides is 1. The minimum Gasteiger partial charge on any atom is -0.342 e. The van der Waals surface area contributed by atoms with Gasteiger partial charge in [0.15, 0.2) is 5.65 Å². The molecule has 3 aromatic heterocycles. The summed E-state index contributed by atoms with van der Waals surface area (Å²) in [6.07, 6.45) is 3.35. The summed E-state index contributed by atoms with van der Waals surface area (Å²) in [4.78, 5) is 25.4. The third kappa shape index (κ3) is 3.24. The fourth-order valence-electron chi connectivity index (χ4n) is 3.34. The predicted molar refractivity (Wildman–Crippen MR) is 109 cm³/mol. The number of fused-ring (bicyclic) bond motifs is 2. The molecule has 0 aliphatic rings. The van der Waals surface area contributed by atoms with E-state index in [1.54, 1.807) is 12.4 Å². The molecule has 1 aromatic carbocycles. The Morgan fingerprint density at radius 2 is 1.93 bits per heavy atom. The van der Waals surface area contributed by atoms with Crippen LogP contribution in [0.4, 0.5) is 0 Å². The number of imidazole rings is 1. The van der Waals surface area contributed by atoms with Gasteiger partial charge in [-0.25, -0.2) is 14.6 Å². The molecule has 0 saturated heterocycles. The van der Waals surface area contributed by atoms with Crippen molar-refractivity contribution in [3.05, 3.63) is 54.1 Å². The number of nitrogens with one attached hydrogen (secondary N) is 2. The smallest absolute Gasteiger partial charge is 0.253 e. The molecule has 0 saturated carbocycles. The molecule has 0 spiro atoms. The molecule has 28 heavy (non-hydrogen) atoms. The average molecular weight is 376 g/mol. The van der Waals surface area contributed by atoms with Crippen molar-refractivity contribution in [1.29, 1.82) is 0 Å². The van der Waals surface area contributed by atoms with Gasteiger partial charge in [-0.1, -0.05) is 26.0 Å². The molecule has 0 fully saturated rings. The zero-order valence-electron chi connectivity index (χ0n) is 16.5. The van der Waals surface area contributed by atoms with Gasteiger partial charge in [-0.3, -0.25) is 4.79 Å². The second-order valence-corrected chi connectivity index (χ2v) is 7.65. The van der Waals surface area contributed by atoms with Crippen molar-refractivity contribution < 1.29 is 4.79 Å². The summed E-state index contributed by atoms with van der Waals surface area (Å²) in [5.74, 6) is 0.752. The maximum Gasteiger partial charge on any atom is 0.253 e. The van der Waals surface area contributed by atoms with E-state index in [4.69, 9.17) is 0 Å². The van der Waals surface area contributed by atoms with Crippen LogP contribution in [0.3, 0.4) is 0 Å². The summed E-state index contributed by atoms with van der Waals surface area (Å²) in [6.45, 7) is 8.23. The minimum absolute atomic E-state index is 0.171. The van der Waals surface area contributed by atoms with Crippen molar-refractivity contribution >= 4 is 28.0 Å². The van der Waals surface area contributed by atoms with E-state index in [9.17, 15) is 4.79 Å². The summed E-state index contributed by atoms with van der Waals surface area (Å²) in [6, 6.07) is 9.67. The molecule has 0 unspecified atom stereocenters. The van der Waals surface area contributed by atoms with Gasteiger partial charge in [0.25, 0.3) is 5.91 Å². The lowest BCUT2D eigenvalue weighted by Crippen LogP contribution is -2.32. The van der Waals surface area contributed by atoms with Gasteiger partial charge in [0.1, 0.15) is 5.82 Å². The predicted octanol–water partition coefficient (Wildman–Crippen LogP) is 4.02. The van der Waals surface area contributed by atoms with E-state index in [1.807, 2.05) is 35.0 Å². The van der Waals surface area contributed by atoms with Crippen LogP contribution in [0, 0.1) is 5.92 Å². The Bertz CT molecular complexity index is 1110. The van der Waals surface area contributed by atoms with Gasteiger partial charge < -0.3 is 10.3 Å². The summed E-state index contributed by atoms with van der Waals surface area (Å²) < 4.78 is 1.85. The van der Waals surface area contributed by atoms with E-state index >= 15 is 0 Å². The normalized spacial score (nSPS) is 12.9. The summed E-state index contributed by atoms with van der Waals surface area (Å²) in [5.41, 5.74) is 3.14. The van der Waals surface area contributed by atoms with Crippen molar-refractivity contribution in [3.63, 3.8) is 0 Å². The van der Waals surface area contributed by atoms with Crippen molar-refractivity contribution in [3.8, 4) is 0 Å². The Kier molecular flexibility index (Phi) is 4.58. The number of carbonyl (C=O) groups is 1. The number of carbonyl (C=O) groups excluding carboxylic acids is 1. The molecule has 1 atom stereocenters. The summed E-state index contributed by atoms with van der Waals surface area (Å²) in [7, 11) is 0. The van der Waals surface area contributed by atoms with E-state index in [0.717, 1.165) is 27.9 Å². The number of aromatic nitrogens is 5. The molecule has 0 aliphatic heterocycles. The highest BCUT2D eigenvalue weighted by Gasteiger charge is 2.23. The molecule has 4 rings (SSSR count). The zero-order valence-corrected chi connectivity index (χ0v) is 16.5. The fourth-order valence-corrected chi connectivity index (χ4v) is 3.34. The van der Waals surface area contributed by atoms with Gasteiger partial charge in [-0.05, 0) is 38.0 Å². The maximum absolute atomic E-state index is 12.9. The third-order valence-electron chi connectivity index (χ3n) is 4.84. The molecule has 7 nitrogen and oxygen atoms in total. The van der Waals surface area contributed by atoms with Crippen molar-refractivity contribution in [2.75, 3.05) is 0 Å². The van der Waals surface area contributed by atoms with Crippen LogP contribution in [-0.2, 0) is 0 Å². The van der Waals surface area contributed by atoms with E-state index in [0.29, 0.717) is 5.56 Å². The zero-order chi connectivity index (χ0) is 19.8. The fraction of sp³-hybridized carbons (Fsp3) is 0.333. The van der Waals surface area contributed by atoms with Crippen LogP contribution in [-0.4, -0.2) is 30.6 Å². The molecule has 3 heterocycles. The van der Waals surface area contributed by atoms with Gasteiger partial charge in [0, 0.05) is 17.6 Å². The first-order valence-corrected chi connectivity index (χ1v) is 9.53. The first-order valence-electron chi connectivity index (χ1n) is 9.53. The van der Waals surface area contributed by atoms with Gasteiger partial charge in [0.2, 0.25) is 0 Å². The highest BCUT2D eigenvalue weighted by Crippen LogP contribution is 2.23. The van der Waals surface area contributed by atoms with Crippen LogP contribution in [0.5, 0.6) is 0 Å². The summed E-state index contributed by atoms with van der Waals surface area (Å²) >= 11 is 0. The highest BCUT2D eigenvalue weighted by molar-refractivity contribution is 5.97. The highest BCUT2D eigenvalue weighted by atomic mass is 16.1. The van der Waals surface area contributed by atoms with Gasteiger partial charge in [-0.2, -0.15) is 5.10 Å². The second-order valence-electron chi connectivity index (χ2n) is 7.65. The van der Waals surface area contributed by atoms with Crippen LogP contribution in [0.1, 0.15) is 56.0 Å². The number of H-pyrrole nitrogens is 1. The molecule has 0 bridgehead atoms. The molecule has 4 aromatic rings. The van der Waals surface area contributed by atoms with Crippen LogP contribution >= 0.6 is 0 Å². The lowest BCUT2D eigenvalue weighted by molar-refractivity contribution is 0.0923. The van der Waals surface area contributed by atoms with Crippen LogP contribution in [0.25, 0.3) is 22.1 Å². The SMILES string of the molecule is CC(C)[C@@H](NC(=O)c1cnc2c(cnn2C(C)C)c1)c1nc2ccccc2[nH]1. The molecular weight excluding hydrogens is 352 g/mol. The Balaban J connectivity index is 1.62. The van der Waals surface area contributed by atoms with E-state index in [-0.39, 0.29) is 23.9 Å². The lowest BCUT2D eigenvalue weighted by atomic mass is 10.0. The number of rotatable bonds is 5. The van der Waals surface area contributed by atoms with E-state index in [1.165, 1.54) is 0 Å². The van der Waals surface area contributed by atoms with Crippen LogP contribution in [0.2, 0.25) is 0 Å². The number of aromatic amines is 1. The summed E-state index contributed by atoms with van der Waals surface area (Å²) in [5, 5.41) is 8.32. The number of pyridine rings is 1.